The molecule has 0 aromatic rings. The minimum Gasteiger partial charge on any atom is -0.374 e. The van der Waals surface area contributed by atoms with Gasteiger partial charge in [-0.1, -0.05) is 0 Å². The van der Waals surface area contributed by atoms with Crippen LogP contribution in [0.2, 0.25) is 0 Å². The van der Waals surface area contributed by atoms with E-state index in [0.29, 0.717) is 0 Å². The summed E-state index contributed by atoms with van der Waals surface area (Å²) in [7, 11) is 2.16. The van der Waals surface area contributed by atoms with Gasteiger partial charge in [-0.15, -0.1) is 0 Å². The van der Waals surface area contributed by atoms with Gasteiger partial charge in [0.05, 0.1) is 5.60 Å². The lowest BCUT2D eigenvalue weighted by Gasteiger charge is -2.41. The monoisotopic (exact) mass is 186 g/mol. The molecular weight excluding hydrogens is 164 g/mol. The molecule has 1 rings (SSSR count). The summed E-state index contributed by atoms with van der Waals surface area (Å²) in [5.74, 6) is 0. The molecule has 1 unspecified atom stereocenters. The third-order valence-corrected chi connectivity index (χ3v) is 2.78. The highest BCUT2D eigenvalue weighted by Gasteiger charge is 2.33. The summed E-state index contributed by atoms with van der Waals surface area (Å²) in [6, 6.07) is 0. The zero-order valence-corrected chi connectivity index (χ0v) is 8.88. The molecule has 1 heterocycles. The van der Waals surface area contributed by atoms with Crippen molar-refractivity contribution in [2.45, 2.75) is 31.8 Å². The number of ether oxygens (including phenoxy) is 1. The molecule has 1 fully saturated rings. The van der Waals surface area contributed by atoms with Crippen LogP contribution in [0.5, 0.6) is 0 Å². The van der Waals surface area contributed by atoms with Crippen molar-refractivity contribution in [2.24, 2.45) is 5.73 Å². The second-order valence-corrected chi connectivity index (χ2v) is 4.00. The molecule has 0 aromatic carbocycles. The van der Waals surface area contributed by atoms with Crippen LogP contribution >= 0.6 is 0 Å². The van der Waals surface area contributed by atoms with Gasteiger partial charge in [-0.2, -0.15) is 0 Å². The Kier molecular flexibility index (Phi) is 4.16. The lowest BCUT2D eigenvalue weighted by molar-refractivity contribution is -0.0843. The third-order valence-electron chi connectivity index (χ3n) is 2.78. The van der Waals surface area contributed by atoms with Crippen LogP contribution in [-0.4, -0.2) is 43.8 Å². The first-order valence-electron chi connectivity index (χ1n) is 5.25. The fourth-order valence-corrected chi connectivity index (χ4v) is 2.28. The first kappa shape index (κ1) is 11.0. The second-order valence-electron chi connectivity index (χ2n) is 4.00. The van der Waals surface area contributed by atoms with Crippen molar-refractivity contribution < 1.29 is 4.74 Å². The molecule has 1 saturated heterocycles. The minimum atomic E-state index is 0.0521. The molecule has 13 heavy (non-hydrogen) atoms. The standard InChI is InChI=1S/C10H22N2O/c1-3-13-10(6-7-11)5-4-8-12(2)9-10/h3-9,11H2,1-2H3. The van der Waals surface area contributed by atoms with Crippen LogP contribution < -0.4 is 5.73 Å². The van der Waals surface area contributed by atoms with Gasteiger partial charge in [0.25, 0.3) is 0 Å². The number of rotatable bonds is 4. The Morgan fingerprint density at radius 3 is 2.85 bits per heavy atom. The number of likely N-dealkylation sites (N-methyl/N-ethyl adjacent to an activating group) is 1. The number of nitrogens with zero attached hydrogens (tertiary/aromatic N) is 1. The highest BCUT2D eigenvalue weighted by molar-refractivity contribution is 4.88. The molecule has 2 N–H and O–H groups in total. The second kappa shape index (κ2) is 4.94. The smallest absolute Gasteiger partial charge is 0.0821 e. The molecule has 0 spiro atoms. The van der Waals surface area contributed by atoms with Crippen LogP contribution in [0.3, 0.4) is 0 Å². The van der Waals surface area contributed by atoms with E-state index in [1.165, 1.54) is 19.4 Å². The maximum Gasteiger partial charge on any atom is 0.0821 e. The largest absolute Gasteiger partial charge is 0.374 e. The van der Waals surface area contributed by atoms with E-state index in [0.717, 1.165) is 26.1 Å². The minimum absolute atomic E-state index is 0.0521. The average molecular weight is 186 g/mol. The van der Waals surface area contributed by atoms with Crippen LogP contribution in [0.4, 0.5) is 0 Å². The summed E-state index contributed by atoms with van der Waals surface area (Å²) in [5, 5.41) is 0. The summed E-state index contributed by atoms with van der Waals surface area (Å²) in [6.07, 6.45) is 3.39. The van der Waals surface area contributed by atoms with E-state index in [9.17, 15) is 0 Å². The summed E-state index contributed by atoms with van der Waals surface area (Å²) in [5.41, 5.74) is 5.67. The number of likely N-dealkylation sites (tertiary alicyclic amines) is 1. The molecule has 1 atom stereocenters. The maximum absolute atomic E-state index is 5.86. The summed E-state index contributed by atoms with van der Waals surface area (Å²) < 4.78 is 5.86. The number of hydrogen-bond acceptors (Lipinski definition) is 3. The van der Waals surface area contributed by atoms with Gasteiger partial charge in [0, 0.05) is 13.2 Å². The molecule has 0 saturated carbocycles. The van der Waals surface area contributed by atoms with Crippen molar-refractivity contribution in [2.75, 3.05) is 33.3 Å². The number of nitrogens with two attached hydrogens (primary N) is 1. The van der Waals surface area contributed by atoms with E-state index in [4.69, 9.17) is 10.5 Å². The average Bonchev–Trinajstić information content (AvgIpc) is 2.04. The van der Waals surface area contributed by atoms with Crippen molar-refractivity contribution in [3.8, 4) is 0 Å². The van der Waals surface area contributed by atoms with Gasteiger partial charge in [-0.3, -0.25) is 0 Å². The fourth-order valence-electron chi connectivity index (χ4n) is 2.28. The molecule has 0 aliphatic carbocycles. The lowest BCUT2D eigenvalue weighted by Crippen LogP contribution is -2.49. The molecule has 78 valence electrons. The van der Waals surface area contributed by atoms with Gasteiger partial charge in [-0.25, -0.2) is 0 Å². The Morgan fingerprint density at radius 1 is 1.54 bits per heavy atom. The van der Waals surface area contributed by atoms with E-state index in [1.807, 2.05) is 0 Å². The van der Waals surface area contributed by atoms with E-state index in [2.05, 4.69) is 18.9 Å². The van der Waals surface area contributed by atoms with Crippen LogP contribution in [0.15, 0.2) is 0 Å². The van der Waals surface area contributed by atoms with E-state index in [1.54, 1.807) is 0 Å². The first-order chi connectivity index (χ1) is 6.22. The summed E-state index contributed by atoms with van der Waals surface area (Å²) in [4.78, 5) is 2.34. The van der Waals surface area contributed by atoms with E-state index >= 15 is 0 Å². The van der Waals surface area contributed by atoms with Crippen LogP contribution in [-0.2, 0) is 4.74 Å². The van der Waals surface area contributed by atoms with E-state index < -0.39 is 0 Å². The highest BCUT2D eigenvalue weighted by Crippen LogP contribution is 2.27. The highest BCUT2D eigenvalue weighted by atomic mass is 16.5. The first-order valence-corrected chi connectivity index (χ1v) is 5.25. The molecule has 3 nitrogen and oxygen atoms in total. The normalized spacial score (nSPS) is 30.7. The number of hydrogen-bond donors (Lipinski definition) is 1. The molecule has 0 aromatic heterocycles. The molecule has 0 amide bonds. The third kappa shape index (κ3) is 2.93. The molecular formula is C10H22N2O. The Morgan fingerprint density at radius 2 is 2.31 bits per heavy atom. The number of piperidine rings is 1. The van der Waals surface area contributed by atoms with Crippen molar-refractivity contribution in [3.63, 3.8) is 0 Å². The molecule has 3 heteroatoms. The maximum atomic E-state index is 5.86. The van der Waals surface area contributed by atoms with Gasteiger partial charge >= 0.3 is 0 Å². The van der Waals surface area contributed by atoms with Crippen LogP contribution in [0.1, 0.15) is 26.2 Å². The Balaban J connectivity index is 2.53. The Labute approximate surface area is 81.2 Å². The zero-order chi connectivity index (χ0) is 9.73. The summed E-state index contributed by atoms with van der Waals surface area (Å²) >= 11 is 0. The fraction of sp³-hybridized carbons (Fsp3) is 1.00. The van der Waals surface area contributed by atoms with Gasteiger partial charge in [0.1, 0.15) is 0 Å². The zero-order valence-electron chi connectivity index (χ0n) is 8.88. The van der Waals surface area contributed by atoms with Crippen LogP contribution in [0.25, 0.3) is 0 Å². The topological polar surface area (TPSA) is 38.5 Å². The SMILES string of the molecule is CCOC1(CCN)CCCN(C)C1. The van der Waals surface area contributed by atoms with Gasteiger partial charge in [-0.05, 0) is 46.3 Å². The van der Waals surface area contributed by atoms with Crippen molar-refractivity contribution in [3.05, 3.63) is 0 Å². The molecule has 1 aliphatic heterocycles. The molecule has 1 aliphatic rings. The van der Waals surface area contributed by atoms with Crippen molar-refractivity contribution in [1.82, 2.24) is 4.90 Å². The van der Waals surface area contributed by atoms with Gasteiger partial charge in [0.15, 0.2) is 0 Å². The Bertz CT molecular complexity index is 138. The summed E-state index contributed by atoms with van der Waals surface area (Å²) in [6.45, 7) is 5.83. The Hall–Kier alpha value is -0.120. The predicted octanol–water partition coefficient (Wildman–Crippen LogP) is 0.836. The molecule has 0 bridgehead atoms. The molecule has 0 radical (unpaired) electrons. The van der Waals surface area contributed by atoms with Gasteiger partial charge < -0.3 is 15.4 Å². The quantitative estimate of drug-likeness (QED) is 0.707. The van der Waals surface area contributed by atoms with E-state index in [-0.39, 0.29) is 5.60 Å². The predicted molar refractivity (Wildman–Crippen MR) is 54.8 cm³/mol. The lowest BCUT2D eigenvalue weighted by atomic mass is 9.89. The van der Waals surface area contributed by atoms with Gasteiger partial charge in [0.2, 0.25) is 0 Å². The van der Waals surface area contributed by atoms with Crippen LogP contribution in [0, 0.1) is 0 Å². The van der Waals surface area contributed by atoms with Crippen molar-refractivity contribution >= 4 is 0 Å². The van der Waals surface area contributed by atoms with Crippen molar-refractivity contribution in [1.29, 1.82) is 0 Å².